The van der Waals surface area contributed by atoms with Crippen molar-refractivity contribution in [1.82, 2.24) is 5.32 Å². The normalized spacial score (nSPS) is 12.9. The molecular weight excluding hydrogens is 413 g/mol. The van der Waals surface area contributed by atoms with E-state index >= 15 is 0 Å². The number of nitrogens with zero attached hydrogens (tertiary/aromatic N) is 1. The van der Waals surface area contributed by atoms with Gasteiger partial charge >= 0.3 is 6.18 Å². The Balaban J connectivity index is 2.39. The van der Waals surface area contributed by atoms with E-state index in [1.807, 2.05) is 31.2 Å². The fraction of sp³-hybridized carbons (Fsp3) is 0.320. The predicted molar refractivity (Wildman–Crippen MR) is 127 cm³/mol. The van der Waals surface area contributed by atoms with Gasteiger partial charge in [0.05, 0.1) is 12.1 Å². The van der Waals surface area contributed by atoms with Crippen LogP contribution in [0.1, 0.15) is 50.3 Å². The van der Waals surface area contributed by atoms with Crippen LogP contribution in [0.15, 0.2) is 71.4 Å². The van der Waals surface area contributed by atoms with Crippen LogP contribution in [0.4, 0.5) is 18.9 Å². The maximum atomic E-state index is 13.4. The summed E-state index contributed by atoms with van der Waals surface area (Å²) in [5.41, 5.74) is 9.16. The number of nitrogens with two attached hydrogens (primary N) is 1. The number of halogens is 3. The summed E-state index contributed by atoms with van der Waals surface area (Å²) in [7, 11) is 0. The molecule has 0 aromatic heterocycles. The van der Waals surface area contributed by atoms with Crippen molar-refractivity contribution in [2.75, 3.05) is 11.9 Å². The Hall–Kier alpha value is -3.22. The monoisotopic (exact) mass is 444 g/mol. The van der Waals surface area contributed by atoms with Gasteiger partial charge in [0, 0.05) is 34.8 Å². The van der Waals surface area contributed by atoms with Gasteiger partial charge in [0.25, 0.3) is 0 Å². The van der Waals surface area contributed by atoms with Crippen molar-refractivity contribution in [3.63, 3.8) is 0 Å². The van der Waals surface area contributed by atoms with Crippen LogP contribution in [0.2, 0.25) is 0 Å². The average Bonchev–Trinajstić information content (AvgIpc) is 2.78. The van der Waals surface area contributed by atoms with E-state index in [1.54, 1.807) is 13.0 Å². The minimum atomic E-state index is -4.44. The summed E-state index contributed by atoms with van der Waals surface area (Å²) in [4.78, 5) is 4.48. The first-order chi connectivity index (χ1) is 15.2. The van der Waals surface area contributed by atoms with E-state index in [9.17, 15) is 13.2 Å². The molecule has 0 radical (unpaired) electrons. The first-order valence-corrected chi connectivity index (χ1v) is 10.6. The highest BCUT2D eigenvalue weighted by Crippen LogP contribution is 2.32. The molecule has 7 heteroatoms. The number of nitrogens with one attached hydrogen (secondary N) is 2. The number of allylic oxidation sites excluding steroid dienone is 1. The molecule has 4 N–H and O–H groups in total. The molecule has 0 aliphatic rings. The number of benzene rings is 2. The van der Waals surface area contributed by atoms with E-state index in [0.717, 1.165) is 30.3 Å². The third kappa shape index (κ3) is 6.64. The van der Waals surface area contributed by atoms with E-state index in [0.29, 0.717) is 29.2 Å². The van der Waals surface area contributed by atoms with Gasteiger partial charge < -0.3 is 16.4 Å². The highest BCUT2D eigenvalue weighted by Gasteiger charge is 2.32. The Morgan fingerprint density at radius 2 is 1.72 bits per heavy atom. The molecule has 0 aliphatic heterocycles. The molecular formula is C25H31F3N4. The van der Waals surface area contributed by atoms with Crippen LogP contribution in [-0.4, -0.2) is 12.4 Å². The lowest BCUT2D eigenvalue weighted by atomic mass is 10.1. The molecule has 172 valence electrons. The third-order valence-corrected chi connectivity index (χ3v) is 5.03. The van der Waals surface area contributed by atoms with Crippen LogP contribution in [0, 0.1) is 0 Å². The lowest BCUT2D eigenvalue weighted by Crippen LogP contribution is -2.25. The van der Waals surface area contributed by atoms with Crippen LogP contribution in [0.3, 0.4) is 0 Å². The summed E-state index contributed by atoms with van der Waals surface area (Å²) >= 11 is 0. The molecule has 0 bridgehead atoms. The number of alkyl halides is 3. The number of amidine groups is 1. The van der Waals surface area contributed by atoms with Crippen LogP contribution in [0.5, 0.6) is 0 Å². The number of hydrogen-bond donors (Lipinski definition) is 3. The molecule has 0 heterocycles. The number of para-hydroxylation sites is 1. The standard InChI is InChI=1S/C25H31F3N4/c1-5-15-30-23-14-10-8-12-20(23)18(4)32-24(17(3)22(29)6-2)31-16-19-11-7-9-13-21(19)25(26,27)28/h7-14,30H,4-6,15-16,29H2,1-3H3,(H,31,32)/b22-17-. The molecule has 2 rings (SSSR count). The summed E-state index contributed by atoms with van der Waals surface area (Å²) < 4.78 is 40.1. The van der Waals surface area contributed by atoms with Gasteiger partial charge in [-0.1, -0.05) is 56.8 Å². The van der Waals surface area contributed by atoms with Crippen molar-refractivity contribution in [2.45, 2.75) is 46.3 Å². The Bertz CT molecular complexity index is 991. The van der Waals surface area contributed by atoms with Crippen molar-refractivity contribution < 1.29 is 13.2 Å². The van der Waals surface area contributed by atoms with Crippen molar-refractivity contribution in [3.8, 4) is 0 Å². The molecule has 0 spiro atoms. The molecule has 0 unspecified atom stereocenters. The second-order valence-electron chi connectivity index (χ2n) is 7.40. The Morgan fingerprint density at radius 1 is 1.06 bits per heavy atom. The van der Waals surface area contributed by atoms with Gasteiger partial charge in [-0.25, -0.2) is 0 Å². The smallest absolute Gasteiger partial charge is 0.402 e. The maximum Gasteiger partial charge on any atom is 0.416 e. The van der Waals surface area contributed by atoms with Crippen LogP contribution < -0.4 is 16.4 Å². The summed E-state index contributed by atoms with van der Waals surface area (Å²) in [6.45, 7) is 10.6. The van der Waals surface area contributed by atoms with E-state index in [1.165, 1.54) is 12.1 Å². The number of aliphatic imine (C=N–C) groups is 1. The third-order valence-electron chi connectivity index (χ3n) is 5.03. The second kappa shape index (κ2) is 11.4. The van der Waals surface area contributed by atoms with Crippen molar-refractivity contribution >= 4 is 17.2 Å². The van der Waals surface area contributed by atoms with Gasteiger partial charge in [-0.05, 0) is 37.5 Å². The zero-order chi connectivity index (χ0) is 23.7. The number of anilines is 1. The van der Waals surface area contributed by atoms with Gasteiger partial charge in [0.2, 0.25) is 0 Å². The van der Waals surface area contributed by atoms with Crippen molar-refractivity contribution in [3.05, 3.63) is 83.1 Å². The van der Waals surface area contributed by atoms with Gasteiger partial charge in [-0.15, -0.1) is 0 Å². The van der Waals surface area contributed by atoms with Gasteiger partial charge in [0.15, 0.2) is 0 Å². The molecule has 0 saturated carbocycles. The molecule has 2 aromatic carbocycles. The van der Waals surface area contributed by atoms with E-state index in [4.69, 9.17) is 5.73 Å². The van der Waals surface area contributed by atoms with Crippen molar-refractivity contribution in [1.29, 1.82) is 0 Å². The first kappa shape index (κ1) is 25.0. The fourth-order valence-electron chi connectivity index (χ4n) is 3.14. The predicted octanol–water partition coefficient (Wildman–Crippen LogP) is 6.33. The van der Waals surface area contributed by atoms with E-state index in [2.05, 4.69) is 29.1 Å². The highest BCUT2D eigenvalue weighted by molar-refractivity contribution is 6.03. The lowest BCUT2D eigenvalue weighted by Gasteiger charge is -2.18. The molecule has 0 saturated heterocycles. The van der Waals surface area contributed by atoms with Gasteiger partial charge in [-0.3, -0.25) is 4.99 Å². The molecule has 0 aliphatic carbocycles. The molecule has 4 nitrogen and oxygen atoms in total. The average molecular weight is 445 g/mol. The molecule has 0 amide bonds. The van der Waals surface area contributed by atoms with E-state index in [-0.39, 0.29) is 12.1 Å². The minimum absolute atomic E-state index is 0.0952. The molecule has 0 atom stereocenters. The topological polar surface area (TPSA) is 62.4 Å². The SMILES string of the molecule is C=C(NC(=NCc1ccccc1C(F)(F)F)/C(C)=C(\N)CC)c1ccccc1NCCC. The quantitative estimate of drug-likeness (QED) is 0.313. The van der Waals surface area contributed by atoms with Crippen molar-refractivity contribution in [2.24, 2.45) is 10.7 Å². The first-order valence-electron chi connectivity index (χ1n) is 10.6. The van der Waals surface area contributed by atoms with Gasteiger partial charge in [-0.2, -0.15) is 13.2 Å². The summed E-state index contributed by atoms with van der Waals surface area (Å²) in [6, 6.07) is 13.2. The van der Waals surface area contributed by atoms with Crippen LogP contribution in [0.25, 0.3) is 5.70 Å². The largest absolute Gasteiger partial charge is 0.416 e. The lowest BCUT2D eigenvalue weighted by molar-refractivity contribution is -0.138. The molecule has 32 heavy (non-hydrogen) atoms. The van der Waals surface area contributed by atoms with Gasteiger partial charge in [0.1, 0.15) is 5.84 Å². The second-order valence-corrected chi connectivity index (χ2v) is 7.40. The Kier molecular flexibility index (Phi) is 8.93. The Morgan fingerprint density at radius 3 is 2.38 bits per heavy atom. The van der Waals surface area contributed by atoms with Crippen LogP contribution in [-0.2, 0) is 12.7 Å². The molecule has 2 aromatic rings. The fourth-order valence-corrected chi connectivity index (χ4v) is 3.14. The zero-order valence-electron chi connectivity index (χ0n) is 18.8. The summed E-state index contributed by atoms with van der Waals surface area (Å²) in [5.74, 6) is 0.400. The summed E-state index contributed by atoms with van der Waals surface area (Å²) in [5, 5.41) is 6.55. The Labute approximate surface area is 188 Å². The number of hydrogen-bond acceptors (Lipinski definition) is 3. The number of rotatable bonds is 9. The zero-order valence-corrected chi connectivity index (χ0v) is 18.8. The van der Waals surface area contributed by atoms with E-state index < -0.39 is 11.7 Å². The maximum absolute atomic E-state index is 13.4. The molecule has 0 fully saturated rings. The highest BCUT2D eigenvalue weighted by atomic mass is 19.4. The van der Waals surface area contributed by atoms with Crippen LogP contribution >= 0.6 is 0 Å². The minimum Gasteiger partial charge on any atom is -0.402 e. The summed E-state index contributed by atoms with van der Waals surface area (Å²) in [6.07, 6.45) is -2.89.